The number of halogens is 1. The summed E-state index contributed by atoms with van der Waals surface area (Å²) in [5.74, 6) is -0.188. The van der Waals surface area contributed by atoms with Gasteiger partial charge in [0.2, 0.25) is 0 Å². The van der Waals surface area contributed by atoms with Crippen LogP contribution in [0.2, 0.25) is 0 Å². The van der Waals surface area contributed by atoms with Crippen LogP contribution in [-0.4, -0.2) is 44.7 Å². The van der Waals surface area contributed by atoms with Crippen LogP contribution in [0, 0.1) is 18.7 Å². The highest BCUT2D eigenvalue weighted by atomic mass is 32.1. The summed E-state index contributed by atoms with van der Waals surface area (Å²) in [6, 6.07) is 13.8. The molecule has 2 aromatic heterocycles. The molecular weight excluding hydrogens is 451 g/mol. The molecular formula is C26H23FN4O2S. The van der Waals surface area contributed by atoms with Gasteiger partial charge in [-0.15, -0.1) is 11.3 Å². The fourth-order valence-corrected chi connectivity index (χ4v) is 6.00. The average Bonchev–Trinajstić information content (AvgIpc) is 3.14. The second kappa shape index (κ2) is 8.06. The molecule has 1 saturated carbocycles. The lowest BCUT2D eigenvalue weighted by atomic mass is 9.98. The number of benzene rings is 2. The Hall–Kier alpha value is -3.52. The summed E-state index contributed by atoms with van der Waals surface area (Å²) in [4.78, 5) is 33.9. The molecule has 6 rings (SSSR count). The van der Waals surface area contributed by atoms with Crippen molar-refractivity contribution in [3.05, 3.63) is 82.9 Å². The number of aryl methyl sites for hydroxylation is 1. The molecule has 0 bridgehead atoms. The molecule has 6 nitrogen and oxygen atoms in total. The van der Waals surface area contributed by atoms with Crippen LogP contribution in [-0.2, 0) is 0 Å². The molecule has 1 aliphatic heterocycles. The van der Waals surface area contributed by atoms with E-state index in [1.807, 2.05) is 35.5 Å². The minimum absolute atomic E-state index is 0.0972. The number of piperidine rings is 1. The Bertz CT molecular complexity index is 1430. The first-order valence-corrected chi connectivity index (χ1v) is 12.3. The number of nitrogens with one attached hydrogen (secondary N) is 1. The van der Waals surface area contributed by atoms with Gasteiger partial charge in [-0.1, -0.05) is 36.4 Å². The zero-order valence-corrected chi connectivity index (χ0v) is 19.4. The maximum atomic E-state index is 14.5. The maximum Gasteiger partial charge on any atom is 0.270 e. The second-order valence-corrected chi connectivity index (χ2v) is 9.87. The molecule has 8 heteroatoms. The third-order valence-corrected chi connectivity index (χ3v) is 7.67. The molecule has 34 heavy (non-hydrogen) atoms. The van der Waals surface area contributed by atoms with Crippen molar-refractivity contribution < 1.29 is 14.0 Å². The van der Waals surface area contributed by atoms with Gasteiger partial charge in [-0.3, -0.25) is 14.0 Å². The van der Waals surface area contributed by atoms with Crippen LogP contribution in [0.3, 0.4) is 0 Å². The SMILES string of the molecule is Cc1nc2sccn2c1C(=O)NCC1CC2C[C@@H]2N1C(=O)c1ccccc1-c1ccccc1F. The highest BCUT2D eigenvalue weighted by molar-refractivity contribution is 7.15. The molecule has 172 valence electrons. The Morgan fingerprint density at radius 2 is 1.88 bits per heavy atom. The Balaban J connectivity index is 1.25. The van der Waals surface area contributed by atoms with Crippen molar-refractivity contribution in [3.8, 4) is 11.1 Å². The van der Waals surface area contributed by atoms with E-state index in [2.05, 4.69) is 10.3 Å². The van der Waals surface area contributed by atoms with E-state index in [1.54, 1.807) is 34.7 Å². The van der Waals surface area contributed by atoms with E-state index in [0.29, 0.717) is 40.5 Å². The molecule has 1 N–H and O–H groups in total. The molecule has 2 amide bonds. The van der Waals surface area contributed by atoms with E-state index in [4.69, 9.17) is 0 Å². The maximum absolute atomic E-state index is 14.5. The van der Waals surface area contributed by atoms with Gasteiger partial charge in [-0.2, -0.15) is 0 Å². The number of rotatable bonds is 5. The van der Waals surface area contributed by atoms with Crippen LogP contribution in [0.15, 0.2) is 60.1 Å². The molecule has 0 spiro atoms. The first-order chi connectivity index (χ1) is 16.5. The van der Waals surface area contributed by atoms with Crippen molar-refractivity contribution in [2.24, 2.45) is 5.92 Å². The first kappa shape index (κ1) is 21.0. The molecule has 2 fully saturated rings. The third-order valence-electron chi connectivity index (χ3n) is 6.92. The summed E-state index contributed by atoms with van der Waals surface area (Å²) < 4.78 is 16.3. The smallest absolute Gasteiger partial charge is 0.270 e. The number of hydrogen-bond donors (Lipinski definition) is 1. The molecule has 3 atom stereocenters. The Morgan fingerprint density at radius 3 is 2.71 bits per heavy atom. The third kappa shape index (κ3) is 3.40. The van der Waals surface area contributed by atoms with Crippen molar-refractivity contribution >= 4 is 28.1 Å². The topological polar surface area (TPSA) is 66.7 Å². The quantitative estimate of drug-likeness (QED) is 0.462. The van der Waals surface area contributed by atoms with E-state index < -0.39 is 0 Å². The summed E-state index contributed by atoms with van der Waals surface area (Å²) in [5, 5.41) is 4.93. The normalized spacial score (nSPS) is 21.0. The number of imidazole rings is 1. The van der Waals surface area contributed by atoms with Crippen LogP contribution in [0.5, 0.6) is 0 Å². The second-order valence-electron chi connectivity index (χ2n) is 9.00. The summed E-state index contributed by atoms with van der Waals surface area (Å²) in [6.07, 6.45) is 3.68. The van der Waals surface area contributed by atoms with Gasteiger partial charge in [-0.25, -0.2) is 9.37 Å². The predicted molar refractivity (Wildman–Crippen MR) is 128 cm³/mol. The van der Waals surface area contributed by atoms with Gasteiger partial charge in [0.1, 0.15) is 11.5 Å². The van der Waals surface area contributed by atoms with Gasteiger partial charge < -0.3 is 10.2 Å². The van der Waals surface area contributed by atoms with Crippen LogP contribution in [0.4, 0.5) is 4.39 Å². The number of fused-ring (bicyclic) bond motifs is 2. The molecule has 2 unspecified atom stereocenters. The number of aromatic nitrogens is 2. The Labute approximate surface area is 200 Å². The zero-order valence-electron chi connectivity index (χ0n) is 18.6. The van der Waals surface area contributed by atoms with Crippen molar-refractivity contribution in [3.63, 3.8) is 0 Å². The molecule has 4 aromatic rings. The fourth-order valence-electron chi connectivity index (χ4n) is 5.24. The number of carbonyl (C=O) groups is 2. The van der Waals surface area contributed by atoms with Gasteiger partial charge in [-0.05, 0) is 43.4 Å². The highest BCUT2D eigenvalue weighted by Gasteiger charge is 2.54. The highest BCUT2D eigenvalue weighted by Crippen LogP contribution is 2.48. The van der Waals surface area contributed by atoms with E-state index in [9.17, 15) is 14.0 Å². The summed E-state index contributed by atoms with van der Waals surface area (Å²) in [6.45, 7) is 2.20. The molecule has 1 saturated heterocycles. The number of hydrogen-bond acceptors (Lipinski definition) is 4. The number of carbonyl (C=O) groups excluding carboxylic acids is 2. The van der Waals surface area contributed by atoms with Gasteiger partial charge in [0.15, 0.2) is 4.96 Å². The lowest BCUT2D eigenvalue weighted by molar-refractivity contribution is 0.0689. The number of thiazole rings is 1. The minimum Gasteiger partial charge on any atom is -0.349 e. The molecule has 2 aromatic carbocycles. The first-order valence-electron chi connectivity index (χ1n) is 11.4. The average molecular weight is 475 g/mol. The molecule has 0 radical (unpaired) electrons. The van der Waals surface area contributed by atoms with E-state index in [0.717, 1.165) is 17.8 Å². The number of likely N-dealkylation sites (tertiary alicyclic amines) is 1. The van der Waals surface area contributed by atoms with E-state index in [-0.39, 0.29) is 29.7 Å². The number of amides is 2. The Kier molecular flexibility index (Phi) is 4.99. The van der Waals surface area contributed by atoms with E-state index in [1.165, 1.54) is 17.4 Å². The van der Waals surface area contributed by atoms with Gasteiger partial charge in [0, 0.05) is 35.3 Å². The van der Waals surface area contributed by atoms with E-state index >= 15 is 0 Å². The van der Waals surface area contributed by atoms with Gasteiger partial charge >= 0.3 is 0 Å². The van der Waals surface area contributed by atoms with Crippen LogP contribution in [0.1, 0.15) is 39.4 Å². The van der Waals surface area contributed by atoms with Crippen LogP contribution >= 0.6 is 11.3 Å². The molecule has 1 aliphatic carbocycles. The van der Waals surface area contributed by atoms with Crippen molar-refractivity contribution in [1.82, 2.24) is 19.6 Å². The van der Waals surface area contributed by atoms with Crippen molar-refractivity contribution in [1.29, 1.82) is 0 Å². The van der Waals surface area contributed by atoms with Gasteiger partial charge in [0.25, 0.3) is 11.8 Å². The Morgan fingerprint density at radius 1 is 1.12 bits per heavy atom. The predicted octanol–water partition coefficient (Wildman–Crippen LogP) is 4.54. The lowest BCUT2D eigenvalue weighted by Gasteiger charge is -2.29. The standard InChI is InChI=1S/C26H23FN4O2S/c1-15-23(30-10-11-34-26(30)29-15)24(32)28-14-17-12-16-13-22(16)31(17)25(33)20-8-3-2-6-18(20)19-7-4-5-9-21(19)27/h2-11,16-17,22H,12-14H2,1H3,(H,28,32)/t16?,17?,22-/m0/s1. The molecule has 3 heterocycles. The summed E-state index contributed by atoms with van der Waals surface area (Å²) >= 11 is 1.48. The number of nitrogens with zero attached hydrogens (tertiary/aromatic N) is 3. The van der Waals surface area contributed by atoms with Crippen LogP contribution in [0.25, 0.3) is 16.1 Å². The largest absolute Gasteiger partial charge is 0.349 e. The van der Waals surface area contributed by atoms with Crippen LogP contribution < -0.4 is 5.32 Å². The van der Waals surface area contributed by atoms with Crippen molar-refractivity contribution in [2.75, 3.05) is 6.54 Å². The fraction of sp³-hybridized carbons (Fsp3) is 0.269. The minimum atomic E-state index is -0.354. The summed E-state index contributed by atoms with van der Waals surface area (Å²) in [5.41, 5.74) is 2.71. The molecule has 2 aliphatic rings. The summed E-state index contributed by atoms with van der Waals surface area (Å²) in [7, 11) is 0. The zero-order chi connectivity index (χ0) is 23.4. The monoisotopic (exact) mass is 474 g/mol. The lowest BCUT2D eigenvalue weighted by Crippen LogP contribution is -2.45. The van der Waals surface area contributed by atoms with Gasteiger partial charge in [0.05, 0.1) is 11.7 Å². The van der Waals surface area contributed by atoms with Crippen molar-refractivity contribution in [2.45, 2.75) is 31.8 Å².